The highest BCUT2D eigenvalue weighted by Crippen LogP contribution is 2.28. The smallest absolute Gasteiger partial charge is 0.238 e. The second-order valence-corrected chi connectivity index (χ2v) is 4.69. The van der Waals surface area contributed by atoms with E-state index in [1.165, 1.54) is 0 Å². The van der Waals surface area contributed by atoms with E-state index >= 15 is 0 Å². The summed E-state index contributed by atoms with van der Waals surface area (Å²) < 4.78 is 10.6. The molecule has 18 heavy (non-hydrogen) atoms. The van der Waals surface area contributed by atoms with Gasteiger partial charge in [0, 0.05) is 19.7 Å². The van der Waals surface area contributed by atoms with E-state index < -0.39 is 0 Å². The summed E-state index contributed by atoms with van der Waals surface area (Å²) in [5.41, 5.74) is 6.35. The lowest BCUT2D eigenvalue weighted by molar-refractivity contribution is 0.0719. The Labute approximate surface area is 108 Å². The molecule has 2 N–H and O–H groups in total. The molecule has 1 fully saturated rings. The van der Waals surface area contributed by atoms with Crippen LogP contribution in [0.4, 0.5) is 11.5 Å². The minimum Gasteiger partial charge on any atom is -0.479 e. The average Bonchev–Trinajstić information content (AvgIpc) is 2.39. The van der Waals surface area contributed by atoms with Crippen LogP contribution in [-0.4, -0.2) is 37.9 Å². The highest BCUT2D eigenvalue weighted by molar-refractivity contribution is 5.55. The van der Waals surface area contributed by atoms with Crippen LogP contribution in [-0.2, 0) is 4.74 Å². The predicted octanol–water partition coefficient (Wildman–Crippen LogP) is 1.68. The van der Waals surface area contributed by atoms with Crippen molar-refractivity contribution in [3.63, 3.8) is 0 Å². The zero-order chi connectivity index (χ0) is 13.1. The lowest BCUT2D eigenvalue weighted by atomic mass is 10.0. The first-order chi connectivity index (χ1) is 8.65. The molecule has 100 valence electrons. The first-order valence-corrected chi connectivity index (χ1v) is 6.25. The van der Waals surface area contributed by atoms with E-state index in [0.29, 0.717) is 23.7 Å². The number of nitrogen functional groups attached to an aromatic ring is 1. The first kappa shape index (κ1) is 13.0. The van der Waals surface area contributed by atoms with Crippen LogP contribution in [0.1, 0.15) is 19.8 Å². The van der Waals surface area contributed by atoms with Crippen LogP contribution in [0.25, 0.3) is 0 Å². The summed E-state index contributed by atoms with van der Waals surface area (Å²) in [5.74, 6) is 1.41. The lowest BCUT2D eigenvalue weighted by Crippen LogP contribution is -2.43. The van der Waals surface area contributed by atoms with Crippen LogP contribution in [0.3, 0.4) is 0 Å². The number of methoxy groups -OCH3 is 2. The van der Waals surface area contributed by atoms with E-state index in [1.807, 2.05) is 12.1 Å². The average molecular weight is 251 g/mol. The van der Waals surface area contributed by atoms with E-state index in [-0.39, 0.29) is 0 Å². The molecular formula is C13H21N3O2. The fourth-order valence-corrected chi connectivity index (χ4v) is 2.45. The van der Waals surface area contributed by atoms with Gasteiger partial charge < -0.3 is 20.1 Å². The zero-order valence-electron chi connectivity index (χ0n) is 11.2. The Morgan fingerprint density at radius 3 is 2.78 bits per heavy atom. The second-order valence-electron chi connectivity index (χ2n) is 4.69. The summed E-state index contributed by atoms with van der Waals surface area (Å²) in [7, 11) is 3.36. The van der Waals surface area contributed by atoms with Crippen molar-refractivity contribution in [2.45, 2.75) is 31.9 Å². The SMILES string of the molecule is COc1nc(N2CCC(OC)CC2C)ccc1N. The topological polar surface area (TPSA) is 60.6 Å². The van der Waals surface area contributed by atoms with Crippen LogP contribution in [0.5, 0.6) is 5.88 Å². The Hall–Kier alpha value is -1.49. The normalized spacial score (nSPS) is 24.1. The fraction of sp³-hybridized carbons (Fsp3) is 0.615. The molecule has 1 saturated heterocycles. The molecule has 0 radical (unpaired) electrons. The molecule has 2 rings (SSSR count). The third kappa shape index (κ3) is 2.51. The largest absolute Gasteiger partial charge is 0.479 e. The molecule has 0 bridgehead atoms. The standard InChI is InChI=1S/C13H21N3O2/c1-9-8-10(17-2)6-7-16(9)12-5-4-11(14)13(15-12)18-3/h4-5,9-10H,6-8,14H2,1-3H3. The van der Waals surface area contributed by atoms with Gasteiger partial charge in [-0.05, 0) is 31.9 Å². The van der Waals surface area contributed by atoms with Crippen molar-refractivity contribution in [3.05, 3.63) is 12.1 Å². The number of rotatable bonds is 3. The summed E-state index contributed by atoms with van der Waals surface area (Å²) in [6.07, 6.45) is 2.40. The van der Waals surface area contributed by atoms with Crippen LogP contribution < -0.4 is 15.4 Å². The molecule has 2 unspecified atom stereocenters. The van der Waals surface area contributed by atoms with E-state index in [0.717, 1.165) is 25.2 Å². The van der Waals surface area contributed by atoms with Gasteiger partial charge in [0.2, 0.25) is 5.88 Å². The number of hydrogen-bond acceptors (Lipinski definition) is 5. The number of ether oxygens (including phenoxy) is 2. The van der Waals surface area contributed by atoms with Gasteiger partial charge in [0.25, 0.3) is 0 Å². The summed E-state index contributed by atoms with van der Waals surface area (Å²) in [4.78, 5) is 6.73. The van der Waals surface area contributed by atoms with Gasteiger partial charge in [-0.2, -0.15) is 4.98 Å². The second kappa shape index (κ2) is 5.44. The molecule has 0 amide bonds. The molecule has 0 aliphatic carbocycles. The van der Waals surface area contributed by atoms with Crippen molar-refractivity contribution in [2.24, 2.45) is 0 Å². The molecule has 1 aliphatic heterocycles. The Morgan fingerprint density at radius 2 is 2.17 bits per heavy atom. The van der Waals surface area contributed by atoms with Gasteiger partial charge in [-0.15, -0.1) is 0 Å². The Kier molecular flexibility index (Phi) is 3.91. The third-order valence-electron chi connectivity index (χ3n) is 3.52. The molecule has 0 spiro atoms. The van der Waals surface area contributed by atoms with Crippen molar-refractivity contribution < 1.29 is 9.47 Å². The summed E-state index contributed by atoms with van der Waals surface area (Å²) in [6.45, 7) is 3.13. The van der Waals surface area contributed by atoms with Crippen LogP contribution in [0.15, 0.2) is 12.1 Å². The highest BCUT2D eigenvalue weighted by Gasteiger charge is 2.26. The summed E-state index contributed by atoms with van der Waals surface area (Å²) >= 11 is 0. The Bertz CT molecular complexity index is 411. The molecule has 0 aromatic carbocycles. The highest BCUT2D eigenvalue weighted by atomic mass is 16.5. The van der Waals surface area contributed by atoms with Crippen LogP contribution in [0.2, 0.25) is 0 Å². The number of pyridine rings is 1. The molecule has 1 aromatic heterocycles. The molecule has 2 heterocycles. The van der Waals surface area contributed by atoms with E-state index in [4.69, 9.17) is 15.2 Å². The van der Waals surface area contributed by atoms with Crippen molar-refractivity contribution in [2.75, 3.05) is 31.4 Å². The predicted molar refractivity (Wildman–Crippen MR) is 72.0 cm³/mol. The number of nitrogens with zero attached hydrogens (tertiary/aromatic N) is 2. The van der Waals surface area contributed by atoms with Gasteiger partial charge >= 0.3 is 0 Å². The summed E-state index contributed by atoms with van der Waals surface area (Å²) in [5, 5.41) is 0. The summed E-state index contributed by atoms with van der Waals surface area (Å²) in [6, 6.07) is 4.20. The molecular weight excluding hydrogens is 230 g/mol. The quantitative estimate of drug-likeness (QED) is 0.885. The minimum atomic E-state index is 0.354. The zero-order valence-corrected chi connectivity index (χ0v) is 11.2. The maximum atomic E-state index is 5.78. The van der Waals surface area contributed by atoms with Gasteiger partial charge in [-0.25, -0.2) is 0 Å². The molecule has 1 aliphatic rings. The fourth-order valence-electron chi connectivity index (χ4n) is 2.45. The van der Waals surface area contributed by atoms with E-state index in [1.54, 1.807) is 14.2 Å². The van der Waals surface area contributed by atoms with Crippen molar-refractivity contribution >= 4 is 11.5 Å². The van der Waals surface area contributed by atoms with Gasteiger partial charge in [-0.1, -0.05) is 0 Å². The number of anilines is 2. The molecule has 0 saturated carbocycles. The number of aromatic nitrogens is 1. The van der Waals surface area contributed by atoms with E-state index in [9.17, 15) is 0 Å². The van der Waals surface area contributed by atoms with Gasteiger partial charge in [0.15, 0.2) is 0 Å². The maximum Gasteiger partial charge on any atom is 0.238 e. The Morgan fingerprint density at radius 1 is 1.39 bits per heavy atom. The molecule has 1 aromatic rings. The number of hydrogen-bond donors (Lipinski definition) is 1. The lowest BCUT2D eigenvalue weighted by Gasteiger charge is -2.38. The first-order valence-electron chi connectivity index (χ1n) is 6.25. The van der Waals surface area contributed by atoms with Crippen LogP contribution in [0, 0.1) is 0 Å². The molecule has 5 heteroatoms. The number of piperidine rings is 1. The number of nitrogens with two attached hydrogens (primary N) is 1. The van der Waals surface area contributed by atoms with Crippen LogP contribution >= 0.6 is 0 Å². The van der Waals surface area contributed by atoms with Crippen molar-refractivity contribution in [1.82, 2.24) is 4.98 Å². The molecule has 5 nitrogen and oxygen atoms in total. The van der Waals surface area contributed by atoms with Gasteiger partial charge in [0.05, 0.1) is 18.9 Å². The minimum absolute atomic E-state index is 0.354. The van der Waals surface area contributed by atoms with Gasteiger partial charge in [0.1, 0.15) is 5.82 Å². The Balaban J connectivity index is 2.16. The molecule has 2 atom stereocenters. The van der Waals surface area contributed by atoms with Gasteiger partial charge in [-0.3, -0.25) is 0 Å². The van der Waals surface area contributed by atoms with Crippen molar-refractivity contribution in [3.8, 4) is 5.88 Å². The van der Waals surface area contributed by atoms with Crippen molar-refractivity contribution in [1.29, 1.82) is 0 Å². The van der Waals surface area contributed by atoms with E-state index in [2.05, 4.69) is 16.8 Å². The monoisotopic (exact) mass is 251 g/mol. The maximum absolute atomic E-state index is 5.78. The third-order valence-corrected chi connectivity index (χ3v) is 3.52.